The Hall–Kier alpha value is -1.80. The first kappa shape index (κ1) is 18.0. The minimum Gasteiger partial charge on any atom is -0.297 e. The van der Waals surface area contributed by atoms with Crippen LogP contribution in [0.25, 0.3) is 0 Å². The molecule has 3 rings (SSSR count). The number of hydrogen-bond acceptors (Lipinski definition) is 4. The van der Waals surface area contributed by atoms with Crippen LogP contribution < -0.4 is 4.72 Å². The standard InChI is InChI=1S/C18H21FN2O3S/c1-13(14-8-4-3-5-9-14)20-25(22,23)17-12-24-21(2)18(17)15-10-6-7-11-16(15)19/h3-11,13,17-18,20H,12H2,1-2H3. The summed E-state index contributed by atoms with van der Waals surface area (Å²) < 4.78 is 42.7. The van der Waals surface area contributed by atoms with Crippen LogP contribution in [0.2, 0.25) is 0 Å². The third-order valence-electron chi connectivity index (χ3n) is 4.45. The molecule has 0 amide bonds. The molecular formula is C18H21FN2O3S. The molecule has 0 radical (unpaired) electrons. The van der Waals surface area contributed by atoms with Crippen LogP contribution in [-0.2, 0) is 14.9 Å². The van der Waals surface area contributed by atoms with Crippen LogP contribution in [0.5, 0.6) is 0 Å². The molecule has 0 saturated carbocycles. The van der Waals surface area contributed by atoms with Gasteiger partial charge in [0.05, 0.1) is 12.6 Å². The maximum Gasteiger partial charge on any atom is 0.219 e. The van der Waals surface area contributed by atoms with Gasteiger partial charge in [-0.15, -0.1) is 0 Å². The van der Waals surface area contributed by atoms with Crippen LogP contribution in [0, 0.1) is 5.82 Å². The van der Waals surface area contributed by atoms with E-state index in [1.54, 1.807) is 32.2 Å². The molecule has 0 aliphatic carbocycles. The summed E-state index contributed by atoms with van der Waals surface area (Å²) in [4.78, 5) is 5.41. The summed E-state index contributed by atoms with van der Waals surface area (Å²) in [7, 11) is -2.12. The van der Waals surface area contributed by atoms with Crippen molar-refractivity contribution in [3.8, 4) is 0 Å². The molecule has 134 valence electrons. The minimum atomic E-state index is -3.74. The Morgan fingerprint density at radius 3 is 2.48 bits per heavy atom. The van der Waals surface area contributed by atoms with Gasteiger partial charge in [-0.25, -0.2) is 17.5 Å². The van der Waals surface area contributed by atoms with E-state index in [0.717, 1.165) is 5.56 Å². The highest BCUT2D eigenvalue weighted by atomic mass is 32.2. The van der Waals surface area contributed by atoms with Gasteiger partial charge in [0.15, 0.2) is 0 Å². The predicted octanol–water partition coefficient (Wildman–Crippen LogP) is 2.79. The largest absolute Gasteiger partial charge is 0.297 e. The normalized spacial score (nSPS) is 22.8. The van der Waals surface area contributed by atoms with E-state index in [1.807, 2.05) is 30.3 Å². The smallest absolute Gasteiger partial charge is 0.219 e. The highest BCUT2D eigenvalue weighted by Gasteiger charge is 2.44. The zero-order valence-electron chi connectivity index (χ0n) is 14.1. The van der Waals surface area contributed by atoms with Crippen molar-refractivity contribution in [1.29, 1.82) is 0 Å². The molecular weight excluding hydrogens is 343 g/mol. The van der Waals surface area contributed by atoms with Crippen molar-refractivity contribution in [2.24, 2.45) is 0 Å². The zero-order valence-corrected chi connectivity index (χ0v) is 14.9. The van der Waals surface area contributed by atoms with Crippen molar-refractivity contribution in [2.75, 3.05) is 13.7 Å². The Bertz CT molecular complexity index is 829. The molecule has 1 aliphatic heterocycles. The van der Waals surface area contributed by atoms with Crippen LogP contribution in [0.4, 0.5) is 4.39 Å². The highest BCUT2D eigenvalue weighted by molar-refractivity contribution is 7.90. The SMILES string of the molecule is CC(NS(=O)(=O)C1CON(C)C1c1ccccc1F)c1ccccc1. The first-order valence-electron chi connectivity index (χ1n) is 8.06. The van der Waals surface area contributed by atoms with Gasteiger partial charge >= 0.3 is 0 Å². The van der Waals surface area contributed by atoms with Gasteiger partial charge in [0, 0.05) is 18.7 Å². The predicted molar refractivity (Wildman–Crippen MR) is 93.6 cm³/mol. The Kier molecular flexibility index (Phi) is 5.19. The van der Waals surface area contributed by atoms with Crippen LogP contribution in [0.1, 0.15) is 30.1 Å². The molecule has 1 N–H and O–H groups in total. The molecule has 2 aromatic rings. The summed E-state index contributed by atoms with van der Waals surface area (Å²) in [6.07, 6.45) is 0. The first-order valence-corrected chi connectivity index (χ1v) is 9.61. The summed E-state index contributed by atoms with van der Waals surface area (Å²) in [5.41, 5.74) is 1.17. The first-order chi connectivity index (χ1) is 11.9. The molecule has 25 heavy (non-hydrogen) atoms. The molecule has 0 aromatic heterocycles. The molecule has 1 saturated heterocycles. The van der Waals surface area contributed by atoms with Gasteiger partial charge in [0.2, 0.25) is 10.0 Å². The molecule has 3 unspecified atom stereocenters. The summed E-state index contributed by atoms with van der Waals surface area (Å²) in [6.45, 7) is 1.76. The molecule has 2 aromatic carbocycles. The second kappa shape index (κ2) is 7.21. The fourth-order valence-electron chi connectivity index (χ4n) is 3.11. The Morgan fingerprint density at radius 2 is 1.80 bits per heavy atom. The van der Waals surface area contributed by atoms with Crippen molar-refractivity contribution in [3.05, 3.63) is 71.5 Å². The number of nitrogens with one attached hydrogen (secondary N) is 1. The molecule has 1 fully saturated rings. The third kappa shape index (κ3) is 3.74. The number of hydroxylamine groups is 2. The summed E-state index contributed by atoms with van der Waals surface area (Å²) in [6, 6.07) is 14.4. The van der Waals surface area contributed by atoms with Gasteiger partial charge in [-0.1, -0.05) is 48.5 Å². The van der Waals surface area contributed by atoms with Gasteiger partial charge in [0.1, 0.15) is 11.1 Å². The van der Waals surface area contributed by atoms with Crippen LogP contribution in [0.3, 0.4) is 0 Å². The van der Waals surface area contributed by atoms with Crippen molar-refractivity contribution in [2.45, 2.75) is 24.3 Å². The molecule has 3 atom stereocenters. The molecule has 7 heteroatoms. The molecule has 0 spiro atoms. The van der Waals surface area contributed by atoms with Gasteiger partial charge in [0.25, 0.3) is 0 Å². The second-order valence-electron chi connectivity index (χ2n) is 6.14. The maximum absolute atomic E-state index is 14.2. The lowest BCUT2D eigenvalue weighted by Crippen LogP contribution is -2.40. The zero-order chi connectivity index (χ0) is 18.0. The lowest BCUT2D eigenvalue weighted by molar-refractivity contribution is -0.111. The van der Waals surface area contributed by atoms with E-state index in [4.69, 9.17) is 4.84 Å². The topological polar surface area (TPSA) is 58.6 Å². The van der Waals surface area contributed by atoms with Gasteiger partial charge < -0.3 is 0 Å². The van der Waals surface area contributed by atoms with E-state index in [1.165, 1.54) is 11.1 Å². The van der Waals surface area contributed by atoms with Crippen LogP contribution in [-0.4, -0.2) is 32.4 Å². The average Bonchev–Trinajstić information content (AvgIpc) is 2.98. The van der Waals surface area contributed by atoms with E-state index in [9.17, 15) is 12.8 Å². The van der Waals surface area contributed by atoms with Gasteiger partial charge in [-0.3, -0.25) is 4.84 Å². The summed E-state index contributed by atoms with van der Waals surface area (Å²) in [5, 5.41) is 0.510. The number of hydrogen-bond donors (Lipinski definition) is 1. The fraction of sp³-hybridized carbons (Fsp3) is 0.333. The van der Waals surface area contributed by atoms with E-state index < -0.39 is 33.2 Å². The van der Waals surface area contributed by atoms with Gasteiger partial charge in [-0.05, 0) is 18.6 Å². The molecule has 0 bridgehead atoms. The Balaban J connectivity index is 1.87. The van der Waals surface area contributed by atoms with E-state index in [0.29, 0.717) is 5.56 Å². The second-order valence-corrected chi connectivity index (χ2v) is 8.07. The molecule has 5 nitrogen and oxygen atoms in total. The van der Waals surface area contributed by atoms with E-state index in [2.05, 4.69) is 4.72 Å². The Labute approximate surface area is 147 Å². The molecule has 1 heterocycles. The quantitative estimate of drug-likeness (QED) is 0.886. The average molecular weight is 364 g/mol. The summed E-state index contributed by atoms with van der Waals surface area (Å²) in [5.74, 6) is -0.443. The van der Waals surface area contributed by atoms with Crippen LogP contribution in [0.15, 0.2) is 54.6 Å². The van der Waals surface area contributed by atoms with Crippen molar-refractivity contribution < 1.29 is 17.6 Å². The maximum atomic E-state index is 14.2. The lowest BCUT2D eigenvalue weighted by atomic mass is 10.0. The monoisotopic (exact) mass is 364 g/mol. The fourth-order valence-corrected chi connectivity index (χ4v) is 4.81. The van der Waals surface area contributed by atoms with E-state index in [-0.39, 0.29) is 6.61 Å². The third-order valence-corrected chi connectivity index (χ3v) is 6.32. The van der Waals surface area contributed by atoms with Crippen molar-refractivity contribution in [1.82, 2.24) is 9.79 Å². The number of sulfonamides is 1. The van der Waals surface area contributed by atoms with Crippen LogP contribution >= 0.6 is 0 Å². The van der Waals surface area contributed by atoms with Gasteiger partial charge in [-0.2, -0.15) is 5.06 Å². The van der Waals surface area contributed by atoms with Crippen molar-refractivity contribution >= 4 is 10.0 Å². The van der Waals surface area contributed by atoms with E-state index >= 15 is 0 Å². The molecule has 1 aliphatic rings. The summed E-state index contributed by atoms with van der Waals surface area (Å²) >= 11 is 0. The van der Waals surface area contributed by atoms with Crippen molar-refractivity contribution in [3.63, 3.8) is 0 Å². The lowest BCUT2D eigenvalue weighted by Gasteiger charge is -2.25. The highest BCUT2D eigenvalue weighted by Crippen LogP contribution is 2.35. The Morgan fingerprint density at radius 1 is 1.16 bits per heavy atom. The number of nitrogens with zero attached hydrogens (tertiary/aromatic N) is 1. The number of benzene rings is 2. The minimum absolute atomic E-state index is 0.0215. The number of rotatable bonds is 5. The number of halogens is 1.